The number of amides is 1. The number of hydrogen-bond acceptors (Lipinski definition) is 4. The number of ketones is 1. The average Bonchev–Trinajstić information content (AvgIpc) is 3.19. The maximum absolute atomic E-state index is 12.9. The van der Waals surface area contributed by atoms with Gasteiger partial charge < -0.3 is 19.7 Å². The second kappa shape index (κ2) is 9.41. The van der Waals surface area contributed by atoms with Crippen molar-refractivity contribution in [1.82, 2.24) is 9.88 Å². The molecule has 0 bridgehead atoms. The first kappa shape index (κ1) is 24.3. The highest BCUT2D eigenvalue weighted by Gasteiger charge is 2.41. The lowest BCUT2D eigenvalue weighted by atomic mass is 9.72. The summed E-state index contributed by atoms with van der Waals surface area (Å²) >= 11 is 0. The number of nitrogens with zero attached hydrogens (tertiary/aromatic N) is 1. The number of carboxylic acids is 1. The molecule has 2 N–H and O–H groups in total. The number of carboxylic acid groups (broad SMARTS) is 1. The molecule has 7 heteroatoms. The summed E-state index contributed by atoms with van der Waals surface area (Å²) in [5.74, 6) is -1.47. The van der Waals surface area contributed by atoms with Crippen molar-refractivity contribution in [3.63, 3.8) is 0 Å². The first-order valence-electron chi connectivity index (χ1n) is 11.7. The number of nitrogens with one attached hydrogen (secondary N) is 1. The van der Waals surface area contributed by atoms with Crippen LogP contribution in [0.15, 0.2) is 66.9 Å². The number of hydrogen-bond donors (Lipinski definition) is 2. The van der Waals surface area contributed by atoms with Crippen LogP contribution >= 0.6 is 0 Å². The molecule has 0 aliphatic heterocycles. The van der Waals surface area contributed by atoms with Gasteiger partial charge in [-0.1, -0.05) is 54.6 Å². The zero-order valence-corrected chi connectivity index (χ0v) is 20.2. The quantitative estimate of drug-likeness (QED) is 0.449. The van der Waals surface area contributed by atoms with E-state index in [1.807, 2.05) is 45.0 Å². The van der Waals surface area contributed by atoms with E-state index < -0.39 is 23.2 Å². The monoisotopic (exact) mass is 474 g/mol. The second-order valence-corrected chi connectivity index (χ2v) is 9.97. The van der Waals surface area contributed by atoms with Crippen molar-refractivity contribution in [2.24, 2.45) is 0 Å². The van der Waals surface area contributed by atoms with Gasteiger partial charge in [-0.3, -0.25) is 4.79 Å². The molecule has 1 aliphatic carbocycles. The van der Waals surface area contributed by atoms with Crippen LogP contribution in [0.2, 0.25) is 0 Å². The summed E-state index contributed by atoms with van der Waals surface area (Å²) in [6.45, 7) is 5.80. The van der Waals surface area contributed by atoms with Gasteiger partial charge in [0.05, 0.1) is 11.1 Å². The SMILES string of the molecule is CC(C)(C)OC(=O)NC1(c2ccc(Cn3ccc(C(=O)c4ccccc4)c3C(=O)O)cc2)CCC1. The van der Waals surface area contributed by atoms with E-state index in [1.54, 1.807) is 47.2 Å². The van der Waals surface area contributed by atoms with Crippen LogP contribution in [0, 0.1) is 0 Å². The van der Waals surface area contributed by atoms with Gasteiger partial charge in [-0.2, -0.15) is 0 Å². The summed E-state index contributed by atoms with van der Waals surface area (Å²) < 4.78 is 7.02. The van der Waals surface area contributed by atoms with Crippen molar-refractivity contribution < 1.29 is 24.2 Å². The molecule has 0 unspecified atom stereocenters. The highest BCUT2D eigenvalue weighted by atomic mass is 16.6. The molecular formula is C28H30N2O5. The van der Waals surface area contributed by atoms with Gasteiger partial charge in [0.1, 0.15) is 11.3 Å². The van der Waals surface area contributed by atoms with Crippen LogP contribution in [0.3, 0.4) is 0 Å². The number of carbonyl (C=O) groups excluding carboxylic acids is 2. The zero-order chi connectivity index (χ0) is 25.2. The van der Waals surface area contributed by atoms with Crippen LogP contribution in [0.25, 0.3) is 0 Å². The molecule has 1 heterocycles. The highest BCUT2D eigenvalue weighted by Crippen LogP contribution is 2.41. The third-order valence-electron chi connectivity index (χ3n) is 6.25. The Labute approximate surface area is 204 Å². The first-order chi connectivity index (χ1) is 16.6. The molecule has 35 heavy (non-hydrogen) atoms. The fraction of sp³-hybridized carbons (Fsp3) is 0.321. The molecule has 4 rings (SSSR count). The van der Waals surface area contributed by atoms with Crippen LogP contribution in [0.5, 0.6) is 0 Å². The van der Waals surface area contributed by atoms with Gasteiger partial charge in [-0.25, -0.2) is 9.59 Å². The Hall–Kier alpha value is -3.87. The molecule has 0 saturated heterocycles. The van der Waals surface area contributed by atoms with Crippen molar-refractivity contribution >= 4 is 17.8 Å². The van der Waals surface area contributed by atoms with Crippen LogP contribution in [-0.2, 0) is 16.8 Å². The van der Waals surface area contributed by atoms with E-state index in [0.717, 1.165) is 30.4 Å². The van der Waals surface area contributed by atoms with E-state index in [0.29, 0.717) is 12.1 Å². The minimum atomic E-state index is -1.15. The molecule has 7 nitrogen and oxygen atoms in total. The summed E-state index contributed by atoms with van der Waals surface area (Å²) in [6.07, 6.45) is 3.87. The normalized spacial score (nSPS) is 14.6. The molecule has 1 saturated carbocycles. The van der Waals surface area contributed by atoms with Gasteiger partial charge in [0.15, 0.2) is 5.78 Å². The van der Waals surface area contributed by atoms with E-state index >= 15 is 0 Å². The molecule has 1 amide bonds. The number of ether oxygens (including phenoxy) is 1. The molecule has 1 fully saturated rings. The molecule has 1 aliphatic rings. The molecule has 182 valence electrons. The molecule has 3 aromatic rings. The second-order valence-electron chi connectivity index (χ2n) is 9.97. The number of rotatable bonds is 7. The third kappa shape index (κ3) is 5.29. The largest absolute Gasteiger partial charge is 0.477 e. The van der Waals surface area contributed by atoms with Gasteiger partial charge in [-0.15, -0.1) is 0 Å². The van der Waals surface area contributed by atoms with Crippen molar-refractivity contribution in [3.05, 3.63) is 94.8 Å². The van der Waals surface area contributed by atoms with Crippen LogP contribution in [0.1, 0.15) is 77.6 Å². The van der Waals surface area contributed by atoms with E-state index in [1.165, 1.54) is 0 Å². The number of aromatic nitrogens is 1. The number of carbonyl (C=O) groups is 3. The standard InChI is InChI=1S/C28H30N2O5/c1-27(2,3)35-26(34)29-28(15-7-16-28)21-12-10-19(11-13-21)18-30-17-14-22(23(30)25(32)33)24(31)20-8-5-4-6-9-20/h4-6,8-14,17H,7,15-16,18H2,1-3H3,(H,29,34)(H,32,33). The summed E-state index contributed by atoms with van der Waals surface area (Å²) in [4.78, 5) is 37.3. The van der Waals surface area contributed by atoms with Gasteiger partial charge in [-0.05, 0) is 57.2 Å². The Kier molecular flexibility index (Phi) is 6.52. The molecule has 1 aromatic heterocycles. The van der Waals surface area contributed by atoms with Gasteiger partial charge in [0.2, 0.25) is 0 Å². The third-order valence-corrected chi connectivity index (χ3v) is 6.25. The van der Waals surface area contributed by atoms with Crippen molar-refractivity contribution in [2.45, 2.75) is 57.7 Å². The van der Waals surface area contributed by atoms with Crippen molar-refractivity contribution in [1.29, 1.82) is 0 Å². The van der Waals surface area contributed by atoms with Crippen LogP contribution < -0.4 is 5.32 Å². The number of alkyl carbamates (subject to hydrolysis) is 1. The van der Waals surface area contributed by atoms with E-state index in [4.69, 9.17) is 4.74 Å². The van der Waals surface area contributed by atoms with Crippen LogP contribution in [-0.4, -0.2) is 33.1 Å². The smallest absolute Gasteiger partial charge is 0.408 e. The Balaban J connectivity index is 1.53. The molecule has 0 spiro atoms. The molecule has 0 radical (unpaired) electrons. The summed E-state index contributed by atoms with van der Waals surface area (Å²) in [5, 5.41) is 12.9. The summed E-state index contributed by atoms with van der Waals surface area (Å²) in [7, 11) is 0. The predicted molar refractivity (Wildman–Crippen MR) is 132 cm³/mol. The van der Waals surface area contributed by atoms with Crippen molar-refractivity contribution in [2.75, 3.05) is 0 Å². The maximum Gasteiger partial charge on any atom is 0.408 e. The lowest BCUT2D eigenvalue weighted by molar-refractivity contribution is 0.0377. The van der Waals surface area contributed by atoms with E-state index in [2.05, 4.69) is 5.32 Å². The predicted octanol–water partition coefficient (Wildman–Crippen LogP) is 5.37. The molecular weight excluding hydrogens is 444 g/mol. The minimum Gasteiger partial charge on any atom is -0.477 e. The maximum atomic E-state index is 12.9. The highest BCUT2D eigenvalue weighted by molar-refractivity contribution is 6.13. The lowest BCUT2D eigenvalue weighted by Crippen LogP contribution is -2.52. The number of aromatic carboxylic acids is 1. The fourth-order valence-electron chi connectivity index (χ4n) is 4.41. The Morgan fingerprint density at radius 3 is 2.20 bits per heavy atom. The lowest BCUT2D eigenvalue weighted by Gasteiger charge is -2.43. The first-order valence-corrected chi connectivity index (χ1v) is 11.7. The average molecular weight is 475 g/mol. The fourth-order valence-corrected chi connectivity index (χ4v) is 4.41. The summed E-state index contributed by atoms with van der Waals surface area (Å²) in [5.41, 5.74) is 1.43. The van der Waals surface area contributed by atoms with Gasteiger partial charge in [0, 0.05) is 18.3 Å². The Morgan fingerprint density at radius 1 is 1.00 bits per heavy atom. The Morgan fingerprint density at radius 2 is 1.66 bits per heavy atom. The topological polar surface area (TPSA) is 97.6 Å². The van der Waals surface area contributed by atoms with Crippen LogP contribution in [0.4, 0.5) is 4.79 Å². The molecule has 2 aromatic carbocycles. The Bertz CT molecular complexity index is 1230. The van der Waals surface area contributed by atoms with Gasteiger partial charge >= 0.3 is 12.1 Å². The minimum absolute atomic E-state index is 0.0371. The number of benzene rings is 2. The van der Waals surface area contributed by atoms with Gasteiger partial charge in [0.25, 0.3) is 0 Å². The van der Waals surface area contributed by atoms with E-state index in [-0.39, 0.29) is 17.0 Å². The van der Waals surface area contributed by atoms with Crippen molar-refractivity contribution in [3.8, 4) is 0 Å². The summed E-state index contributed by atoms with van der Waals surface area (Å²) in [6, 6.07) is 18.0. The van der Waals surface area contributed by atoms with E-state index in [9.17, 15) is 19.5 Å². The molecule has 0 atom stereocenters. The zero-order valence-electron chi connectivity index (χ0n) is 20.2.